The van der Waals surface area contributed by atoms with Crippen LogP contribution < -0.4 is 0 Å². The number of rotatable bonds is 2. The fourth-order valence-corrected chi connectivity index (χ4v) is 2.75. The number of aliphatic hydroxyl groups is 1. The highest BCUT2D eigenvalue weighted by Crippen LogP contribution is 2.36. The number of alkyl halides is 3. The van der Waals surface area contributed by atoms with Gasteiger partial charge in [0.25, 0.3) is 0 Å². The van der Waals surface area contributed by atoms with Crippen molar-refractivity contribution in [1.29, 1.82) is 0 Å². The zero-order chi connectivity index (χ0) is 14.2. The van der Waals surface area contributed by atoms with E-state index in [-0.39, 0.29) is 10.6 Å². The molecule has 0 saturated carbocycles. The van der Waals surface area contributed by atoms with Crippen LogP contribution >= 0.6 is 22.9 Å². The molecule has 7 heteroatoms. The third-order valence-corrected chi connectivity index (χ3v) is 3.92. The average Bonchev–Trinajstić information content (AvgIpc) is 2.73. The van der Waals surface area contributed by atoms with Crippen LogP contribution in [0.3, 0.4) is 0 Å². The van der Waals surface area contributed by atoms with Crippen LogP contribution in [0, 0.1) is 5.82 Å². The molecule has 1 aromatic carbocycles. The number of halogens is 5. The Balaban J connectivity index is 2.44. The van der Waals surface area contributed by atoms with Gasteiger partial charge < -0.3 is 5.11 Å². The molecule has 1 aromatic heterocycles. The van der Waals surface area contributed by atoms with Crippen molar-refractivity contribution in [2.45, 2.75) is 12.3 Å². The molecule has 0 fully saturated rings. The molecule has 0 radical (unpaired) electrons. The van der Waals surface area contributed by atoms with Gasteiger partial charge in [0.15, 0.2) is 0 Å². The van der Waals surface area contributed by atoms with E-state index < -0.39 is 23.7 Å². The Labute approximate surface area is 115 Å². The monoisotopic (exact) mass is 310 g/mol. The first-order chi connectivity index (χ1) is 8.80. The van der Waals surface area contributed by atoms with Gasteiger partial charge in [-0.25, -0.2) is 4.39 Å². The number of benzene rings is 1. The molecule has 1 atom stereocenters. The van der Waals surface area contributed by atoms with E-state index in [0.717, 1.165) is 17.4 Å². The minimum Gasteiger partial charge on any atom is -0.383 e. The van der Waals surface area contributed by atoms with Gasteiger partial charge in [0.2, 0.25) is 0 Å². The van der Waals surface area contributed by atoms with Gasteiger partial charge in [-0.2, -0.15) is 13.2 Å². The molecular weight excluding hydrogens is 304 g/mol. The first-order valence-corrected chi connectivity index (χ1v) is 6.34. The molecule has 0 aliphatic carbocycles. The van der Waals surface area contributed by atoms with E-state index in [9.17, 15) is 22.7 Å². The van der Waals surface area contributed by atoms with Crippen molar-refractivity contribution >= 4 is 22.9 Å². The Morgan fingerprint density at radius 3 is 2.42 bits per heavy atom. The van der Waals surface area contributed by atoms with Crippen molar-refractivity contribution < 1.29 is 22.7 Å². The molecule has 0 saturated heterocycles. The lowest BCUT2D eigenvalue weighted by Gasteiger charge is -2.13. The Kier molecular flexibility index (Phi) is 3.85. The standard InChI is InChI=1S/C12H7ClF4OS/c13-8-3-4-19-11(8)10(18)6-1-2-9(14)7(5-6)12(15,16)17/h1-5,10,18H. The lowest BCUT2D eigenvalue weighted by atomic mass is 10.0. The van der Waals surface area contributed by atoms with Crippen molar-refractivity contribution in [1.82, 2.24) is 0 Å². The summed E-state index contributed by atoms with van der Waals surface area (Å²) in [6.07, 6.45) is -6.12. The topological polar surface area (TPSA) is 20.2 Å². The van der Waals surface area contributed by atoms with Crippen molar-refractivity contribution in [2.24, 2.45) is 0 Å². The molecule has 1 heterocycles. The highest BCUT2D eigenvalue weighted by molar-refractivity contribution is 7.10. The quantitative estimate of drug-likeness (QED) is 0.801. The average molecular weight is 311 g/mol. The Hall–Kier alpha value is -1.11. The smallest absolute Gasteiger partial charge is 0.383 e. The van der Waals surface area contributed by atoms with E-state index >= 15 is 0 Å². The molecular formula is C12H7ClF4OS. The summed E-state index contributed by atoms with van der Waals surface area (Å²) >= 11 is 6.91. The second-order valence-electron chi connectivity index (χ2n) is 3.77. The molecule has 0 aliphatic heterocycles. The summed E-state index contributed by atoms with van der Waals surface area (Å²) in [6.45, 7) is 0. The molecule has 1 unspecified atom stereocenters. The second-order valence-corrected chi connectivity index (χ2v) is 5.13. The van der Waals surface area contributed by atoms with E-state index in [2.05, 4.69) is 0 Å². The molecule has 0 bridgehead atoms. The number of thiophene rings is 1. The van der Waals surface area contributed by atoms with Crippen LogP contribution in [0.25, 0.3) is 0 Å². The highest BCUT2D eigenvalue weighted by Gasteiger charge is 2.34. The summed E-state index contributed by atoms with van der Waals surface area (Å²) in [4.78, 5) is 0.321. The fraction of sp³-hybridized carbons (Fsp3) is 0.167. The Bertz CT molecular complexity index is 594. The van der Waals surface area contributed by atoms with Crippen LogP contribution in [-0.2, 0) is 6.18 Å². The van der Waals surface area contributed by atoms with Gasteiger partial charge in [-0.05, 0) is 29.1 Å². The molecule has 0 aliphatic rings. The van der Waals surface area contributed by atoms with Gasteiger partial charge >= 0.3 is 6.18 Å². The van der Waals surface area contributed by atoms with Gasteiger partial charge in [0, 0.05) is 0 Å². The third-order valence-electron chi connectivity index (χ3n) is 2.50. The number of hydrogen-bond donors (Lipinski definition) is 1. The second kappa shape index (κ2) is 5.11. The van der Waals surface area contributed by atoms with E-state index in [1.54, 1.807) is 5.38 Å². The minimum atomic E-state index is -4.81. The SMILES string of the molecule is OC(c1ccc(F)c(C(F)(F)F)c1)c1sccc1Cl. The molecule has 2 aromatic rings. The largest absolute Gasteiger partial charge is 0.419 e. The fourth-order valence-electron chi connectivity index (χ4n) is 1.58. The summed E-state index contributed by atoms with van der Waals surface area (Å²) < 4.78 is 50.8. The van der Waals surface area contributed by atoms with E-state index in [1.165, 1.54) is 6.07 Å². The minimum absolute atomic E-state index is 0.0573. The predicted molar refractivity (Wildman–Crippen MR) is 64.8 cm³/mol. The maximum absolute atomic E-state index is 13.1. The highest BCUT2D eigenvalue weighted by atomic mass is 35.5. The first kappa shape index (κ1) is 14.3. The molecule has 2 rings (SSSR count). The van der Waals surface area contributed by atoms with Crippen LogP contribution in [0.2, 0.25) is 5.02 Å². The van der Waals surface area contributed by atoms with Gasteiger partial charge in [-0.15, -0.1) is 11.3 Å². The summed E-state index contributed by atoms with van der Waals surface area (Å²) in [6, 6.07) is 3.91. The van der Waals surface area contributed by atoms with E-state index in [1.807, 2.05) is 0 Å². The zero-order valence-electron chi connectivity index (χ0n) is 9.21. The number of hydrogen-bond acceptors (Lipinski definition) is 2. The maximum atomic E-state index is 13.1. The molecule has 102 valence electrons. The Morgan fingerprint density at radius 2 is 1.89 bits per heavy atom. The van der Waals surface area contributed by atoms with Crippen molar-refractivity contribution in [3.8, 4) is 0 Å². The summed E-state index contributed by atoms with van der Waals surface area (Å²) in [5.74, 6) is -1.37. The van der Waals surface area contributed by atoms with Gasteiger partial charge in [0.05, 0.1) is 15.5 Å². The summed E-state index contributed by atoms with van der Waals surface area (Å²) in [5.41, 5.74) is -1.46. The van der Waals surface area contributed by atoms with Crippen LogP contribution in [0.1, 0.15) is 22.1 Å². The van der Waals surface area contributed by atoms with E-state index in [4.69, 9.17) is 11.6 Å². The first-order valence-electron chi connectivity index (χ1n) is 5.08. The van der Waals surface area contributed by atoms with Gasteiger partial charge in [-0.3, -0.25) is 0 Å². The maximum Gasteiger partial charge on any atom is 0.419 e. The molecule has 0 amide bonds. The normalized spacial score (nSPS) is 13.6. The molecule has 0 spiro atoms. The predicted octanol–water partition coefficient (Wildman–Crippen LogP) is 4.64. The van der Waals surface area contributed by atoms with Gasteiger partial charge in [-0.1, -0.05) is 17.7 Å². The molecule has 19 heavy (non-hydrogen) atoms. The van der Waals surface area contributed by atoms with Crippen LogP contribution in [-0.4, -0.2) is 5.11 Å². The molecule has 1 N–H and O–H groups in total. The summed E-state index contributed by atoms with van der Waals surface area (Å²) in [7, 11) is 0. The zero-order valence-corrected chi connectivity index (χ0v) is 10.8. The molecule has 1 nitrogen and oxygen atoms in total. The lowest BCUT2D eigenvalue weighted by molar-refractivity contribution is -0.140. The van der Waals surface area contributed by atoms with Crippen LogP contribution in [0.4, 0.5) is 17.6 Å². The van der Waals surface area contributed by atoms with Crippen molar-refractivity contribution in [3.05, 3.63) is 56.5 Å². The van der Waals surface area contributed by atoms with Crippen molar-refractivity contribution in [2.75, 3.05) is 0 Å². The summed E-state index contributed by atoms with van der Waals surface area (Å²) in [5, 5.41) is 11.8. The van der Waals surface area contributed by atoms with Gasteiger partial charge in [0.1, 0.15) is 11.9 Å². The number of aliphatic hydroxyl groups excluding tert-OH is 1. The lowest BCUT2D eigenvalue weighted by Crippen LogP contribution is -2.10. The van der Waals surface area contributed by atoms with Crippen LogP contribution in [0.15, 0.2) is 29.6 Å². The Morgan fingerprint density at radius 1 is 1.21 bits per heavy atom. The van der Waals surface area contributed by atoms with Crippen molar-refractivity contribution in [3.63, 3.8) is 0 Å². The third kappa shape index (κ3) is 2.91. The van der Waals surface area contributed by atoms with Crippen LogP contribution in [0.5, 0.6) is 0 Å². The van der Waals surface area contributed by atoms with E-state index in [0.29, 0.717) is 17.0 Å².